The largest absolute Gasteiger partial charge is 0.480 e. The molecule has 1 aliphatic heterocycles. The van der Waals surface area contributed by atoms with Gasteiger partial charge < -0.3 is 35.6 Å². The van der Waals surface area contributed by atoms with Crippen LogP contribution in [-0.4, -0.2) is 77.7 Å². The van der Waals surface area contributed by atoms with Gasteiger partial charge in [-0.2, -0.15) is 0 Å². The quantitative estimate of drug-likeness (QED) is 0.138. The van der Waals surface area contributed by atoms with Gasteiger partial charge in [0.2, 0.25) is 11.5 Å². The van der Waals surface area contributed by atoms with E-state index in [4.69, 9.17) is 20.8 Å². The predicted octanol–water partition coefficient (Wildman–Crippen LogP) is -0.747. The molecule has 1 aliphatic rings. The van der Waals surface area contributed by atoms with Gasteiger partial charge in [-0.1, -0.05) is 5.16 Å². The van der Waals surface area contributed by atoms with Crippen LogP contribution in [0.1, 0.15) is 19.5 Å². The summed E-state index contributed by atoms with van der Waals surface area (Å²) in [6.45, 7) is 1.77. The van der Waals surface area contributed by atoms with Crippen LogP contribution >= 0.6 is 23.4 Å². The van der Waals surface area contributed by atoms with Crippen molar-refractivity contribution < 1.29 is 38.8 Å². The van der Waals surface area contributed by atoms with Crippen molar-refractivity contribution in [1.29, 1.82) is 0 Å². The highest BCUT2D eigenvalue weighted by Gasteiger charge is 2.50. The van der Waals surface area contributed by atoms with Gasteiger partial charge in [0, 0.05) is 17.4 Å². The highest BCUT2D eigenvalue weighted by atomic mass is 32.2. The van der Waals surface area contributed by atoms with Crippen molar-refractivity contribution in [3.05, 3.63) is 11.1 Å². The number of anilines is 1. The Balaban J connectivity index is 2.23. The summed E-state index contributed by atoms with van der Waals surface area (Å²) in [5, 5.41) is 24.2. The van der Waals surface area contributed by atoms with Crippen molar-refractivity contribution in [3.63, 3.8) is 0 Å². The van der Waals surface area contributed by atoms with Gasteiger partial charge in [-0.25, -0.2) is 9.78 Å². The molecular formula is C14H17N5O8S2. The van der Waals surface area contributed by atoms with Gasteiger partial charge in [-0.05, 0) is 13.8 Å². The minimum absolute atomic E-state index is 0.0199. The highest BCUT2D eigenvalue weighted by molar-refractivity contribution is 7.94. The highest BCUT2D eigenvalue weighted by Crippen LogP contribution is 2.28. The Labute approximate surface area is 171 Å². The lowest BCUT2D eigenvalue weighted by atomic mass is 10.1. The van der Waals surface area contributed by atoms with Crippen LogP contribution in [0.15, 0.2) is 10.5 Å². The number of nitrogens with zero attached hydrogens (tertiary/aromatic N) is 3. The van der Waals surface area contributed by atoms with Crippen molar-refractivity contribution in [2.24, 2.45) is 5.16 Å². The molecule has 0 bridgehead atoms. The summed E-state index contributed by atoms with van der Waals surface area (Å²) in [6.07, 6.45) is 0. The zero-order valence-electron chi connectivity index (χ0n) is 15.1. The van der Waals surface area contributed by atoms with Crippen LogP contribution in [0.2, 0.25) is 0 Å². The van der Waals surface area contributed by atoms with Crippen LogP contribution in [0.4, 0.5) is 5.13 Å². The Bertz CT molecular complexity index is 870. The number of aliphatic carboxylic acids is 2. The monoisotopic (exact) mass is 447 g/mol. The second kappa shape index (κ2) is 8.62. The first-order chi connectivity index (χ1) is 13.5. The number of nitrogens with two attached hydrogens (primary N) is 1. The molecule has 0 spiro atoms. The fourth-order valence-corrected chi connectivity index (χ4v) is 3.24. The Morgan fingerprint density at radius 2 is 2.10 bits per heavy atom. The van der Waals surface area contributed by atoms with Gasteiger partial charge in [0.05, 0.1) is 0 Å². The Morgan fingerprint density at radius 1 is 1.45 bits per heavy atom. The lowest BCUT2D eigenvalue weighted by Crippen LogP contribution is -2.70. The van der Waals surface area contributed by atoms with E-state index >= 15 is 0 Å². The summed E-state index contributed by atoms with van der Waals surface area (Å²) in [6, 6.07) is -1.23. The number of nitrogen functional groups attached to an aromatic ring is 1. The van der Waals surface area contributed by atoms with Crippen molar-refractivity contribution >= 4 is 58.0 Å². The van der Waals surface area contributed by atoms with Crippen LogP contribution in [0.5, 0.6) is 0 Å². The molecule has 158 valence electrons. The summed E-state index contributed by atoms with van der Waals surface area (Å²) in [5.74, 6) is -4.30. The fourth-order valence-electron chi connectivity index (χ4n) is 2.10. The van der Waals surface area contributed by atoms with Crippen LogP contribution in [-0.2, 0) is 24.0 Å². The summed E-state index contributed by atoms with van der Waals surface area (Å²) in [5.41, 5.74) is 3.32. The van der Waals surface area contributed by atoms with E-state index in [-0.39, 0.29) is 22.9 Å². The number of amides is 2. The Kier molecular flexibility index (Phi) is 6.66. The number of rotatable bonds is 9. The van der Waals surface area contributed by atoms with Gasteiger partial charge in [-0.3, -0.25) is 14.4 Å². The number of carboxylic acid groups (broad SMARTS) is 2. The van der Waals surface area contributed by atoms with E-state index in [0.717, 1.165) is 16.2 Å². The van der Waals surface area contributed by atoms with Gasteiger partial charge >= 0.3 is 11.9 Å². The maximum Gasteiger partial charge on any atom is 0.350 e. The van der Waals surface area contributed by atoms with Crippen LogP contribution in [0, 0.1) is 0 Å². The molecule has 1 fully saturated rings. The first kappa shape index (κ1) is 22.4. The number of carboxylic acids is 2. The van der Waals surface area contributed by atoms with Gasteiger partial charge in [-0.15, -0.1) is 11.3 Å². The Hall–Kier alpha value is -2.91. The third kappa shape index (κ3) is 4.93. The smallest absolute Gasteiger partial charge is 0.350 e. The lowest BCUT2D eigenvalue weighted by Gasteiger charge is -2.44. The first-order valence-corrected chi connectivity index (χ1v) is 9.54. The first-order valence-electron chi connectivity index (χ1n) is 7.82. The van der Waals surface area contributed by atoms with Gasteiger partial charge in [0.25, 0.3) is 5.91 Å². The minimum atomic E-state index is -1.76. The average Bonchev–Trinajstić information content (AvgIpc) is 3.05. The van der Waals surface area contributed by atoms with E-state index < -0.39 is 53.0 Å². The molecule has 0 radical (unpaired) electrons. The third-order valence-corrected chi connectivity index (χ3v) is 5.12. The molecule has 2 rings (SSSR count). The Morgan fingerprint density at radius 3 is 2.59 bits per heavy atom. The maximum absolute atomic E-state index is 12.7. The number of nitrogens with one attached hydrogen (secondary N) is 1. The lowest BCUT2D eigenvalue weighted by molar-refractivity contribution is -0.161. The number of thiazole rings is 1. The average molecular weight is 447 g/mol. The topological polar surface area (TPSA) is 205 Å². The molecule has 1 aromatic rings. The standard InChI is InChI=1S/C14H17N5O8S2/c1-14(2,12(24)25)27-18-7(5-4-28-13(15)16-5)9(22)17-8-10(23)19(3-6(20)21)11(8)29-26/h4,8,11,26H,3H2,1-2H3,(H2,15,16)(H,17,22)(H,20,21)(H,24,25)/b18-7-/t8-,11?/m1/s1. The third-order valence-electron chi connectivity index (χ3n) is 3.70. The molecule has 6 N–H and O–H groups in total. The van der Waals surface area contributed by atoms with Gasteiger partial charge in [0.15, 0.2) is 10.8 Å². The van der Waals surface area contributed by atoms with Crippen LogP contribution in [0.3, 0.4) is 0 Å². The summed E-state index contributed by atoms with van der Waals surface area (Å²) < 4.78 is 9.33. The summed E-state index contributed by atoms with van der Waals surface area (Å²) in [4.78, 5) is 56.4. The van der Waals surface area contributed by atoms with E-state index in [1.165, 1.54) is 19.2 Å². The number of oxime groups is 1. The number of carbonyl (C=O) groups is 4. The van der Waals surface area contributed by atoms with Crippen molar-refractivity contribution in [2.75, 3.05) is 12.3 Å². The zero-order valence-corrected chi connectivity index (χ0v) is 16.7. The number of β-lactam (4-membered cyclic amide) rings is 1. The molecule has 13 nitrogen and oxygen atoms in total. The molecule has 15 heteroatoms. The number of carbonyl (C=O) groups excluding carboxylic acids is 2. The molecular weight excluding hydrogens is 430 g/mol. The molecule has 0 aromatic carbocycles. The number of likely N-dealkylation sites (tertiary alicyclic amines) is 1. The van der Waals surface area contributed by atoms with Crippen molar-refractivity contribution in [1.82, 2.24) is 15.2 Å². The van der Waals surface area contributed by atoms with Crippen LogP contribution < -0.4 is 11.1 Å². The zero-order chi connectivity index (χ0) is 21.9. The van der Waals surface area contributed by atoms with E-state index in [0.29, 0.717) is 0 Å². The summed E-state index contributed by atoms with van der Waals surface area (Å²) in [7, 11) is 0. The molecule has 1 unspecified atom stereocenters. The number of hydrogen-bond donors (Lipinski definition) is 5. The predicted molar refractivity (Wildman–Crippen MR) is 101 cm³/mol. The van der Waals surface area contributed by atoms with Gasteiger partial charge in [0.1, 0.15) is 23.7 Å². The molecule has 0 aliphatic carbocycles. The molecule has 2 atom stereocenters. The fraction of sp³-hybridized carbons (Fsp3) is 0.429. The molecule has 2 heterocycles. The number of aromatic nitrogens is 1. The minimum Gasteiger partial charge on any atom is -0.480 e. The van der Waals surface area contributed by atoms with Crippen LogP contribution in [0.25, 0.3) is 0 Å². The normalized spacial score (nSPS) is 19.5. The van der Waals surface area contributed by atoms with E-state index in [9.17, 15) is 23.7 Å². The second-order valence-electron chi connectivity index (χ2n) is 6.22. The SMILES string of the molecule is CC(C)(O/N=C(\C(=O)N[C@@H]1C(=O)N(CC(=O)O)C1SO)c1csc(N)n1)C(=O)O. The van der Waals surface area contributed by atoms with E-state index in [1.807, 2.05) is 0 Å². The molecule has 2 amide bonds. The molecule has 1 aromatic heterocycles. The van der Waals surface area contributed by atoms with Crippen molar-refractivity contribution in [3.8, 4) is 0 Å². The van der Waals surface area contributed by atoms with Crippen molar-refractivity contribution in [2.45, 2.75) is 30.9 Å². The van der Waals surface area contributed by atoms with E-state index in [1.54, 1.807) is 0 Å². The molecule has 29 heavy (non-hydrogen) atoms. The molecule has 1 saturated heterocycles. The second-order valence-corrected chi connectivity index (χ2v) is 7.81. The summed E-state index contributed by atoms with van der Waals surface area (Å²) >= 11 is 1.18. The molecule has 0 saturated carbocycles. The maximum atomic E-state index is 12.7. The van der Waals surface area contributed by atoms with E-state index in [2.05, 4.69) is 15.5 Å². The number of hydrogen-bond acceptors (Lipinski definition) is 11.